The maximum atomic E-state index is 2.48. The molecule has 0 atom stereocenters. The minimum absolute atomic E-state index is 0.427. The van der Waals surface area contributed by atoms with Crippen molar-refractivity contribution in [3.05, 3.63) is 253 Å². The molecule has 284 valence electrons. The summed E-state index contributed by atoms with van der Waals surface area (Å²) >= 11 is 0. The van der Waals surface area contributed by atoms with Gasteiger partial charge < -0.3 is 9.47 Å². The van der Waals surface area contributed by atoms with E-state index in [-0.39, 0.29) is 0 Å². The zero-order valence-corrected chi connectivity index (χ0v) is 33.3. The predicted molar refractivity (Wildman–Crippen MR) is 255 cm³/mol. The van der Waals surface area contributed by atoms with Gasteiger partial charge in [0, 0.05) is 44.5 Å². The summed E-state index contributed by atoms with van der Waals surface area (Å²) in [4.78, 5) is 2.44. The predicted octanol–water partition coefficient (Wildman–Crippen LogP) is 15.4. The van der Waals surface area contributed by atoms with E-state index in [9.17, 15) is 0 Å². The van der Waals surface area contributed by atoms with Crippen molar-refractivity contribution in [2.45, 2.75) is 5.41 Å². The normalized spacial score (nSPS) is 13.0. The third-order valence-corrected chi connectivity index (χ3v) is 13.4. The molecule has 0 fully saturated rings. The first kappa shape index (κ1) is 34.0. The second-order valence-electron chi connectivity index (χ2n) is 16.4. The molecule has 61 heavy (non-hydrogen) atoms. The molecule has 0 N–H and O–H groups in total. The van der Waals surface area contributed by atoms with Crippen molar-refractivity contribution in [2.75, 3.05) is 4.90 Å². The van der Waals surface area contributed by atoms with Crippen molar-refractivity contribution >= 4 is 49.6 Å². The van der Waals surface area contributed by atoms with Gasteiger partial charge in [-0.3, -0.25) is 0 Å². The van der Waals surface area contributed by atoms with Gasteiger partial charge in [0.2, 0.25) is 0 Å². The Bertz CT molecular complexity index is 3480. The summed E-state index contributed by atoms with van der Waals surface area (Å²) in [6, 6.07) is 85.2. The summed E-state index contributed by atoms with van der Waals surface area (Å²) in [5.41, 5.74) is 19.5. The van der Waals surface area contributed by atoms with E-state index >= 15 is 0 Å². The van der Waals surface area contributed by atoms with Crippen LogP contribution in [-0.4, -0.2) is 4.57 Å². The van der Waals surface area contributed by atoms with Gasteiger partial charge in [0.1, 0.15) is 0 Å². The fourth-order valence-electron chi connectivity index (χ4n) is 11.0. The molecule has 13 rings (SSSR count). The molecule has 2 nitrogen and oxygen atoms in total. The topological polar surface area (TPSA) is 8.17 Å². The lowest BCUT2D eigenvalue weighted by Gasteiger charge is -2.32. The first-order valence-corrected chi connectivity index (χ1v) is 21.2. The van der Waals surface area contributed by atoms with Crippen molar-refractivity contribution in [3.63, 3.8) is 0 Å². The fourth-order valence-corrected chi connectivity index (χ4v) is 11.0. The fraction of sp³-hybridized carbons (Fsp3) is 0.0169. The highest BCUT2D eigenvalue weighted by Crippen LogP contribution is 2.63. The van der Waals surface area contributed by atoms with Gasteiger partial charge in [-0.1, -0.05) is 182 Å². The van der Waals surface area contributed by atoms with E-state index in [0.717, 1.165) is 28.3 Å². The minimum Gasteiger partial charge on any atom is -0.310 e. The Hall–Kier alpha value is -7.94. The van der Waals surface area contributed by atoms with Crippen molar-refractivity contribution in [1.82, 2.24) is 4.57 Å². The maximum absolute atomic E-state index is 2.48. The zero-order chi connectivity index (χ0) is 40.1. The molecule has 2 aliphatic rings. The molecular formula is C59H38N2. The van der Waals surface area contributed by atoms with Crippen molar-refractivity contribution < 1.29 is 0 Å². The van der Waals surface area contributed by atoms with Crippen LogP contribution in [0.1, 0.15) is 22.3 Å². The Kier molecular flexibility index (Phi) is 7.26. The number of aromatic nitrogens is 1. The molecule has 1 aromatic heterocycles. The molecule has 2 aliphatic carbocycles. The highest BCUT2D eigenvalue weighted by molar-refractivity contribution is 6.21. The van der Waals surface area contributed by atoms with E-state index in [1.54, 1.807) is 0 Å². The molecule has 0 saturated carbocycles. The van der Waals surface area contributed by atoms with Crippen molar-refractivity contribution in [1.29, 1.82) is 0 Å². The van der Waals surface area contributed by atoms with E-state index in [4.69, 9.17) is 0 Å². The first-order valence-electron chi connectivity index (χ1n) is 21.2. The molecule has 1 spiro atoms. The SMILES string of the molecule is c1ccc(N(c2cccc(-c3cccc4c5ccc6ccccc6c5n(-c5ccccc5)c34)c2)c2ccc3c(c2)C2(c4ccccc4-c4ccccc42)c2ccccc2-3)cc1. The van der Waals surface area contributed by atoms with Gasteiger partial charge in [-0.2, -0.15) is 0 Å². The monoisotopic (exact) mass is 774 g/mol. The van der Waals surface area contributed by atoms with Crippen LogP contribution in [0.5, 0.6) is 0 Å². The van der Waals surface area contributed by atoms with Gasteiger partial charge in [-0.05, 0) is 104 Å². The largest absolute Gasteiger partial charge is 0.310 e. The lowest BCUT2D eigenvalue weighted by molar-refractivity contribution is 0.793. The van der Waals surface area contributed by atoms with E-state index in [1.807, 2.05) is 0 Å². The van der Waals surface area contributed by atoms with E-state index in [0.29, 0.717) is 0 Å². The third-order valence-electron chi connectivity index (χ3n) is 13.4. The quantitative estimate of drug-likeness (QED) is 0.169. The number of anilines is 3. The van der Waals surface area contributed by atoms with Crippen LogP contribution in [0, 0.1) is 0 Å². The second kappa shape index (κ2) is 13.0. The highest BCUT2D eigenvalue weighted by Gasteiger charge is 2.51. The molecule has 10 aromatic carbocycles. The Labute approximate surface area is 354 Å². The lowest BCUT2D eigenvalue weighted by Crippen LogP contribution is -2.26. The minimum atomic E-state index is -0.427. The van der Waals surface area contributed by atoms with Crippen LogP contribution in [0.25, 0.3) is 71.6 Å². The van der Waals surface area contributed by atoms with E-state index in [1.165, 1.54) is 82.6 Å². The molecule has 1 heterocycles. The van der Waals surface area contributed by atoms with Crippen LogP contribution in [-0.2, 0) is 5.41 Å². The lowest BCUT2D eigenvalue weighted by atomic mass is 9.70. The van der Waals surface area contributed by atoms with Crippen LogP contribution in [0.4, 0.5) is 17.1 Å². The molecule has 0 aliphatic heterocycles. The Morgan fingerprint density at radius 2 is 0.836 bits per heavy atom. The maximum Gasteiger partial charge on any atom is 0.0726 e. The second-order valence-corrected chi connectivity index (χ2v) is 16.4. The first-order chi connectivity index (χ1) is 30.3. The molecule has 0 bridgehead atoms. The smallest absolute Gasteiger partial charge is 0.0726 e. The number of nitrogens with zero attached hydrogens (tertiary/aromatic N) is 2. The molecular weight excluding hydrogens is 737 g/mol. The zero-order valence-electron chi connectivity index (χ0n) is 33.3. The number of hydrogen-bond acceptors (Lipinski definition) is 1. The van der Waals surface area contributed by atoms with Crippen LogP contribution < -0.4 is 4.90 Å². The van der Waals surface area contributed by atoms with Gasteiger partial charge in [-0.25, -0.2) is 0 Å². The Morgan fingerprint density at radius 3 is 1.56 bits per heavy atom. The highest BCUT2D eigenvalue weighted by atomic mass is 15.1. The summed E-state index contributed by atoms with van der Waals surface area (Å²) < 4.78 is 2.48. The number of rotatable bonds is 5. The standard InChI is InChI=1S/C59H38N2/c1-3-19-41(20-4-1)60(44-34-36-50-49-27-11-14-32-55(49)59(56(50)38-44)53-30-12-9-25-47(53)48-26-10-13-31-54(48)59)43-23-15-18-40(37-43)46-28-16-29-51-52-35-33-39-17-7-8-24-45(39)57(52)61(58(46)51)42-21-5-2-6-22-42/h1-38H. The van der Waals surface area contributed by atoms with Gasteiger partial charge in [0.05, 0.1) is 16.4 Å². The van der Waals surface area contributed by atoms with Crippen LogP contribution in [0.15, 0.2) is 231 Å². The average molecular weight is 775 g/mol. The average Bonchev–Trinajstić information content (AvgIpc) is 3.95. The molecule has 0 saturated heterocycles. The summed E-state index contributed by atoms with van der Waals surface area (Å²) in [6.07, 6.45) is 0. The number of para-hydroxylation sites is 3. The number of hydrogen-bond donors (Lipinski definition) is 0. The van der Waals surface area contributed by atoms with Gasteiger partial charge in [0.15, 0.2) is 0 Å². The van der Waals surface area contributed by atoms with Crippen LogP contribution in [0.2, 0.25) is 0 Å². The summed E-state index contributed by atoms with van der Waals surface area (Å²) in [7, 11) is 0. The third kappa shape index (κ3) is 4.73. The number of benzene rings is 10. The summed E-state index contributed by atoms with van der Waals surface area (Å²) in [5, 5.41) is 4.98. The molecule has 2 heteroatoms. The summed E-state index contributed by atoms with van der Waals surface area (Å²) in [5.74, 6) is 0. The van der Waals surface area contributed by atoms with Crippen molar-refractivity contribution in [2.24, 2.45) is 0 Å². The van der Waals surface area contributed by atoms with Gasteiger partial charge in [-0.15, -0.1) is 0 Å². The van der Waals surface area contributed by atoms with Crippen LogP contribution >= 0.6 is 0 Å². The van der Waals surface area contributed by atoms with Crippen molar-refractivity contribution in [3.8, 4) is 39.1 Å². The Morgan fingerprint density at radius 1 is 0.311 bits per heavy atom. The van der Waals surface area contributed by atoms with Gasteiger partial charge in [0.25, 0.3) is 0 Å². The molecule has 0 unspecified atom stereocenters. The summed E-state index contributed by atoms with van der Waals surface area (Å²) in [6.45, 7) is 0. The molecule has 11 aromatic rings. The molecule has 0 radical (unpaired) electrons. The number of fused-ring (bicyclic) bond motifs is 15. The van der Waals surface area contributed by atoms with E-state index < -0.39 is 5.41 Å². The van der Waals surface area contributed by atoms with E-state index in [2.05, 4.69) is 240 Å². The van der Waals surface area contributed by atoms with Crippen LogP contribution in [0.3, 0.4) is 0 Å². The Balaban J connectivity index is 1.05. The van der Waals surface area contributed by atoms with Gasteiger partial charge >= 0.3 is 0 Å². The molecule has 0 amide bonds.